The minimum atomic E-state index is -4.03. The molecule has 0 saturated carbocycles. The van der Waals surface area contributed by atoms with E-state index in [2.05, 4.69) is 35.8 Å². The number of aromatic nitrogens is 3. The molecule has 7 nitrogen and oxygen atoms in total. The molecule has 102 valence electrons. The van der Waals surface area contributed by atoms with Crippen LogP contribution in [0.5, 0.6) is 0 Å². The van der Waals surface area contributed by atoms with E-state index in [1.807, 2.05) is 0 Å². The van der Waals surface area contributed by atoms with E-state index in [1.54, 1.807) is 0 Å². The lowest BCUT2D eigenvalue weighted by atomic mass is 10.3. The first-order valence-corrected chi connectivity index (χ1v) is 7.26. The number of benzene rings is 1. The fourth-order valence-corrected chi connectivity index (χ4v) is 3.06. The van der Waals surface area contributed by atoms with Crippen molar-refractivity contribution in [2.75, 3.05) is 5.73 Å². The number of hydrogen-bond acceptors (Lipinski definition) is 5. The van der Waals surface area contributed by atoms with Crippen LogP contribution in [0.25, 0.3) is 0 Å². The van der Waals surface area contributed by atoms with Crippen LogP contribution in [0.15, 0.2) is 27.8 Å². The predicted octanol–water partition coefficient (Wildman–Crippen LogP) is 0.767. The molecule has 4 N–H and O–H groups in total. The minimum Gasteiger partial charge on any atom is -0.399 e. The number of aromatic amines is 1. The number of nitrogens with one attached hydrogen (secondary N) is 2. The summed E-state index contributed by atoms with van der Waals surface area (Å²) >= 11 is 2.90. The number of anilines is 1. The molecule has 2 rings (SSSR count). The Kier molecular flexibility index (Phi) is 3.83. The molecule has 0 atom stereocenters. The Morgan fingerprint density at radius 3 is 2.84 bits per heavy atom. The molecule has 0 amide bonds. The van der Waals surface area contributed by atoms with Gasteiger partial charge >= 0.3 is 0 Å². The number of rotatable bonds is 4. The first-order chi connectivity index (χ1) is 8.90. The van der Waals surface area contributed by atoms with E-state index in [0.29, 0.717) is 5.82 Å². The number of halogens is 2. The Balaban J connectivity index is 2.29. The van der Waals surface area contributed by atoms with Gasteiger partial charge < -0.3 is 5.73 Å². The maximum Gasteiger partial charge on any atom is 0.244 e. The number of sulfonamides is 1. The lowest BCUT2D eigenvalue weighted by Crippen LogP contribution is -2.25. The molecule has 1 aromatic carbocycles. The maximum absolute atomic E-state index is 13.8. The van der Waals surface area contributed by atoms with Gasteiger partial charge in [-0.3, -0.25) is 5.10 Å². The van der Waals surface area contributed by atoms with E-state index in [1.165, 1.54) is 12.4 Å². The molecule has 0 fully saturated rings. The Labute approximate surface area is 116 Å². The Bertz CT molecular complexity index is 689. The summed E-state index contributed by atoms with van der Waals surface area (Å²) in [5.41, 5.74) is 5.63. The van der Waals surface area contributed by atoms with Gasteiger partial charge in [0, 0.05) is 5.69 Å². The highest BCUT2D eigenvalue weighted by Crippen LogP contribution is 2.25. The van der Waals surface area contributed by atoms with Crippen LogP contribution in [0.4, 0.5) is 10.1 Å². The summed E-state index contributed by atoms with van der Waals surface area (Å²) in [5.74, 6) is -0.591. The van der Waals surface area contributed by atoms with Gasteiger partial charge in [-0.05, 0) is 28.1 Å². The highest BCUT2D eigenvalue weighted by Gasteiger charge is 2.21. The van der Waals surface area contributed by atoms with Gasteiger partial charge in [-0.15, -0.1) is 0 Å². The van der Waals surface area contributed by atoms with Gasteiger partial charge in [-0.2, -0.15) is 5.10 Å². The SMILES string of the molecule is Nc1cc(Br)c(F)c(S(=O)(=O)NCc2ncn[nH]2)c1. The Morgan fingerprint density at radius 1 is 1.47 bits per heavy atom. The number of hydrogen-bond donors (Lipinski definition) is 3. The normalized spacial score (nSPS) is 11.7. The summed E-state index contributed by atoms with van der Waals surface area (Å²) in [5, 5.41) is 6.05. The van der Waals surface area contributed by atoms with Crippen LogP contribution in [-0.2, 0) is 16.6 Å². The topological polar surface area (TPSA) is 114 Å². The fraction of sp³-hybridized carbons (Fsp3) is 0.111. The smallest absolute Gasteiger partial charge is 0.244 e. The zero-order valence-corrected chi connectivity index (χ0v) is 11.8. The molecule has 0 unspecified atom stereocenters. The Hall–Kier alpha value is -1.52. The summed E-state index contributed by atoms with van der Waals surface area (Å²) in [6, 6.07) is 2.33. The Morgan fingerprint density at radius 2 is 2.21 bits per heavy atom. The van der Waals surface area contributed by atoms with Crippen molar-refractivity contribution in [3.8, 4) is 0 Å². The highest BCUT2D eigenvalue weighted by molar-refractivity contribution is 9.10. The lowest BCUT2D eigenvalue weighted by molar-refractivity contribution is 0.553. The van der Waals surface area contributed by atoms with Crippen molar-refractivity contribution < 1.29 is 12.8 Å². The third-order valence-electron chi connectivity index (χ3n) is 2.20. The van der Waals surface area contributed by atoms with Crippen LogP contribution < -0.4 is 10.5 Å². The van der Waals surface area contributed by atoms with Gasteiger partial charge in [0.15, 0.2) is 5.82 Å². The van der Waals surface area contributed by atoms with Crippen LogP contribution in [0.3, 0.4) is 0 Å². The number of H-pyrrole nitrogens is 1. The second kappa shape index (κ2) is 5.23. The third kappa shape index (κ3) is 3.08. The van der Waals surface area contributed by atoms with Gasteiger partial charge in [-0.25, -0.2) is 22.5 Å². The average molecular weight is 350 g/mol. The quantitative estimate of drug-likeness (QED) is 0.705. The molecule has 0 radical (unpaired) electrons. The molecule has 0 spiro atoms. The molecule has 0 aliphatic carbocycles. The molecular weight excluding hydrogens is 341 g/mol. The third-order valence-corrected chi connectivity index (χ3v) is 4.18. The molecule has 0 bridgehead atoms. The van der Waals surface area contributed by atoms with Gasteiger partial charge in [0.25, 0.3) is 0 Å². The largest absolute Gasteiger partial charge is 0.399 e. The standard InChI is InChI=1S/C9H9BrFN5O2S/c10-6-1-5(12)2-7(9(6)11)19(17,18)15-3-8-13-4-14-16-8/h1-2,4,15H,3,12H2,(H,13,14,16). The molecule has 19 heavy (non-hydrogen) atoms. The summed E-state index contributed by atoms with van der Waals surface area (Å²) < 4.78 is 39.9. The predicted molar refractivity (Wildman–Crippen MR) is 68.9 cm³/mol. The molecule has 0 saturated heterocycles. The van der Waals surface area contributed by atoms with Crippen LogP contribution >= 0.6 is 15.9 Å². The zero-order chi connectivity index (χ0) is 14.0. The molecule has 0 aliphatic rings. The van der Waals surface area contributed by atoms with Gasteiger partial charge in [0.2, 0.25) is 10.0 Å². The second-order valence-corrected chi connectivity index (χ2v) is 6.16. The number of nitrogen functional groups attached to an aromatic ring is 1. The van der Waals surface area contributed by atoms with Crippen molar-refractivity contribution in [3.05, 3.63) is 34.6 Å². The first kappa shape index (κ1) is 13.9. The van der Waals surface area contributed by atoms with Gasteiger partial charge in [0.1, 0.15) is 17.0 Å². The molecule has 1 heterocycles. The molecule has 0 aliphatic heterocycles. The summed E-state index contributed by atoms with van der Waals surface area (Å²) in [4.78, 5) is 3.22. The molecular formula is C9H9BrFN5O2S. The van der Waals surface area contributed by atoms with Crippen LogP contribution in [0.1, 0.15) is 5.82 Å². The summed E-state index contributed by atoms with van der Waals surface area (Å²) in [6.45, 7) is -0.131. The van der Waals surface area contributed by atoms with Crippen LogP contribution in [0.2, 0.25) is 0 Å². The van der Waals surface area contributed by atoms with Gasteiger partial charge in [0.05, 0.1) is 11.0 Å². The van der Waals surface area contributed by atoms with Crippen molar-refractivity contribution in [1.82, 2.24) is 19.9 Å². The molecule has 1 aromatic heterocycles. The molecule has 2 aromatic rings. The molecule has 10 heteroatoms. The van der Waals surface area contributed by atoms with Crippen LogP contribution in [-0.4, -0.2) is 23.6 Å². The van der Waals surface area contributed by atoms with Crippen molar-refractivity contribution in [2.24, 2.45) is 0 Å². The maximum atomic E-state index is 13.8. The first-order valence-electron chi connectivity index (χ1n) is 4.98. The van der Waals surface area contributed by atoms with Gasteiger partial charge in [-0.1, -0.05) is 0 Å². The van der Waals surface area contributed by atoms with E-state index in [9.17, 15) is 12.8 Å². The average Bonchev–Trinajstić information content (AvgIpc) is 2.84. The second-order valence-electron chi connectivity index (χ2n) is 3.57. The van der Waals surface area contributed by atoms with E-state index in [4.69, 9.17) is 5.73 Å². The summed E-state index contributed by atoms with van der Waals surface area (Å²) in [6.07, 6.45) is 1.24. The van der Waals surface area contributed by atoms with Crippen molar-refractivity contribution in [2.45, 2.75) is 11.4 Å². The van der Waals surface area contributed by atoms with E-state index in [-0.39, 0.29) is 16.7 Å². The van der Waals surface area contributed by atoms with Crippen molar-refractivity contribution in [3.63, 3.8) is 0 Å². The number of nitrogens with zero attached hydrogens (tertiary/aromatic N) is 2. The minimum absolute atomic E-state index is 0.0208. The van der Waals surface area contributed by atoms with E-state index >= 15 is 0 Å². The lowest BCUT2D eigenvalue weighted by Gasteiger charge is -2.08. The highest BCUT2D eigenvalue weighted by atomic mass is 79.9. The monoisotopic (exact) mass is 349 g/mol. The van der Waals surface area contributed by atoms with Crippen LogP contribution in [0, 0.1) is 5.82 Å². The number of nitrogens with two attached hydrogens (primary N) is 1. The van der Waals surface area contributed by atoms with Crippen molar-refractivity contribution >= 4 is 31.6 Å². The van der Waals surface area contributed by atoms with E-state index < -0.39 is 20.7 Å². The van der Waals surface area contributed by atoms with Crippen molar-refractivity contribution in [1.29, 1.82) is 0 Å². The fourth-order valence-electron chi connectivity index (χ4n) is 1.34. The summed E-state index contributed by atoms with van der Waals surface area (Å²) in [7, 11) is -4.03. The zero-order valence-electron chi connectivity index (χ0n) is 9.39. The van der Waals surface area contributed by atoms with E-state index in [0.717, 1.165) is 6.07 Å².